The maximum atomic E-state index is 11.9. The Labute approximate surface area is 487 Å². The number of rotatable bonds is 12. The Morgan fingerprint density at radius 3 is 1.31 bits per heavy atom. The topological polar surface area (TPSA) is 273 Å². The normalized spacial score (nSPS) is 11.4. The van der Waals surface area contributed by atoms with Crippen molar-refractivity contribution in [2.24, 2.45) is 7.05 Å². The number of aromatic carboxylic acids is 4. The van der Waals surface area contributed by atoms with E-state index < -0.39 is 23.9 Å². The van der Waals surface area contributed by atoms with Crippen LogP contribution in [0.5, 0.6) is 23.0 Å². The van der Waals surface area contributed by atoms with E-state index in [9.17, 15) is 39.6 Å². The zero-order valence-corrected chi connectivity index (χ0v) is 47.4. The number of nitrogens with zero attached hydrogens (tertiary/aromatic N) is 8. The predicted octanol–water partition coefficient (Wildman–Crippen LogP) is 11.9. The van der Waals surface area contributed by atoms with Gasteiger partial charge in [0.25, 0.3) is 0 Å². The molecule has 0 saturated heterocycles. The molecular weight excluding hydrogens is 1180 g/mol. The van der Waals surface area contributed by atoms with Crippen LogP contribution in [0.25, 0.3) is 89.7 Å². The van der Waals surface area contributed by atoms with Crippen molar-refractivity contribution >= 4 is 114 Å². The van der Waals surface area contributed by atoms with Crippen LogP contribution in [0.15, 0.2) is 121 Å². The third kappa shape index (κ3) is 9.97. The van der Waals surface area contributed by atoms with Gasteiger partial charge < -0.3 is 64.5 Å². The van der Waals surface area contributed by atoms with Crippen LogP contribution < -0.4 is 28.7 Å². The number of hydrogen-bond acceptors (Lipinski definition) is 12. The minimum Gasteiger partial charge on any atom is -0.489 e. The average molecular weight is 1210 g/mol. The fraction of sp³-hybridized carbons (Fsp3) is 0.0526. The third-order valence-electron chi connectivity index (χ3n) is 13.0. The zero-order valence-electron chi connectivity index (χ0n) is 41.4. The first-order valence-corrected chi connectivity index (χ1v) is 25.2. The molecule has 0 saturated carbocycles. The summed E-state index contributed by atoms with van der Waals surface area (Å²) in [6.45, 7) is -0.494. The molecule has 0 fully saturated rings. The van der Waals surface area contributed by atoms with E-state index in [0.29, 0.717) is 77.9 Å². The SMILES string of the molecule is C[n+]1c2nc3[n-]c(nc4nc(nc5[n-]c(nc1-c1c(Cl)c(Cl)c(Cl)c(Cl)c1-2)c1cc(Oc2cc(COc6cc(C(=O)O)cc(C(=O)O)c6)cc(COc6cc(C(=O)O)cc(C(=O)O)c6)c2)ccc51)-c1ccccc1-4)c1ccccc31.[Zn+2]. The Bertz CT molecular complexity index is 4430. The van der Waals surface area contributed by atoms with E-state index in [-0.39, 0.29) is 121 Å². The molecule has 2 aliphatic rings. The maximum Gasteiger partial charge on any atom is 2.00 e. The van der Waals surface area contributed by atoms with Gasteiger partial charge in [-0.25, -0.2) is 24.2 Å². The van der Waals surface area contributed by atoms with Gasteiger partial charge in [-0.1, -0.05) is 94.9 Å². The Balaban J connectivity index is 0.00000690. The molecule has 394 valence electrons. The molecule has 10 aromatic rings. The number of aromatic nitrogens is 8. The minimum absolute atomic E-state index is 0. The van der Waals surface area contributed by atoms with E-state index in [2.05, 4.69) is 0 Å². The standard InChI is InChI=1S/C57H32Cl4N8O11.Zn/c1-69-52-40-41(43(59)45(61)44(60)42(40)58)53(69)68-51-39-21-30(10-11-38(39)49(66-51)64-47-35-7-3-2-6-34(35)46(62-47)63-48-36-8-4-5-9-37(36)50(65-48)67-52)80-33-13-24(22-78-31-17-26(54(70)71)15-27(18-31)55(72)73)12-25(14-33)23-79-32-19-28(56(74)75)16-29(20-32)57(76)77;/h2-21H,22-23H2,1H3,(H5,62,63,64,65,66,67,68,70,71,72,73,74,75,76,77);/q;+2/p-1. The summed E-state index contributed by atoms with van der Waals surface area (Å²) in [5, 5.41) is 41.3. The van der Waals surface area contributed by atoms with Crippen LogP contribution in [-0.4, -0.2) is 69.2 Å². The molecule has 4 N–H and O–H groups in total. The molecule has 0 amide bonds. The first-order chi connectivity index (χ1) is 38.5. The number of carbonyl (C=O) groups is 4. The zero-order chi connectivity index (χ0) is 55.8. The van der Waals surface area contributed by atoms with Crippen LogP contribution in [0.4, 0.5) is 0 Å². The van der Waals surface area contributed by atoms with Crippen LogP contribution in [0, 0.1) is 0 Å². The van der Waals surface area contributed by atoms with Gasteiger partial charge in [0.1, 0.15) is 47.9 Å². The van der Waals surface area contributed by atoms with Gasteiger partial charge in [-0.15, -0.1) is 0 Å². The molecule has 8 bridgehead atoms. The molecule has 0 unspecified atom stereocenters. The molecule has 81 heavy (non-hydrogen) atoms. The molecule has 7 aromatic carbocycles. The first-order valence-electron chi connectivity index (χ1n) is 23.7. The number of carboxylic acids is 4. The molecular formula is C57H31Cl4N8O11Zn+. The van der Waals surface area contributed by atoms with Crippen molar-refractivity contribution in [3.05, 3.63) is 175 Å². The molecule has 0 atom stereocenters. The van der Waals surface area contributed by atoms with Gasteiger partial charge in [0, 0.05) is 44.8 Å². The molecule has 24 heteroatoms. The van der Waals surface area contributed by atoms with Crippen molar-refractivity contribution in [1.29, 1.82) is 0 Å². The maximum absolute atomic E-state index is 11.9. The predicted molar refractivity (Wildman–Crippen MR) is 293 cm³/mol. The van der Waals surface area contributed by atoms with Gasteiger partial charge in [0.05, 0.1) is 61.0 Å². The summed E-state index contributed by atoms with van der Waals surface area (Å²) >= 11 is 27.6. The Morgan fingerprint density at radius 2 is 0.864 bits per heavy atom. The fourth-order valence-electron chi connectivity index (χ4n) is 9.32. The second-order valence-corrected chi connectivity index (χ2v) is 19.6. The summed E-state index contributed by atoms with van der Waals surface area (Å²) in [6.07, 6.45) is 0. The van der Waals surface area contributed by atoms with E-state index in [1.54, 1.807) is 48.0 Å². The van der Waals surface area contributed by atoms with Crippen molar-refractivity contribution < 1.29 is 77.9 Å². The monoisotopic (exact) mass is 1210 g/mol. The Morgan fingerprint density at radius 1 is 0.457 bits per heavy atom. The smallest absolute Gasteiger partial charge is 0.489 e. The Kier molecular flexibility index (Phi) is 14.1. The summed E-state index contributed by atoms with van der Waals surface area (Å²) < 4.78 is 20.2. The Hall–Kier alpha value is -9.04. The fourth-order valence-corrected chi connectivity index (χ4v) is 10.3. The molecule has 0 aliphatic carbocycles. The molecule has 19 nitrogen and oxygen atoms in total. The molecule has 5 heterocycles. The van der Waals surface area contributed by atoms with Gasteiger partial charge in [-0.05, 0) is 105 Å². The van der Waals surface area contributed by atoms with E-state index >= 15 is 0 Å². The number of fused-ring (bicyclic) bond motifs is 20. The molecule has 0 radical (unpaired) electrons. The first kappa shape index (κ1) is 53.9. The van der Waals surface area contributed by atoms with E-state index in [1.807, 2.05) is 48.5 Å². The van der Waals surface area contributed by atoms with E-state index in [4.69, 9.17) is 95.5 Å². The number of hydrogen-bond donors (Lipinski definition) is 4. The molecule has 0 spiro atoms. The van der Waals surface area contributed by atoms with Crippen LogP contribution in [0.1, 0.15) is 52.6 Å². The van der Waals surface area contributed by atoms with Crippen molar-refractivity contribution in [1.82, 2.24) is 34.9 Å². The van der Waals surface area contributed by atoms with Crippen molar-refractivity contribution in [3.63, 3.8) is 0 Å². The molecule has 3 aromatic heterocycles. The van der Waals surface area contributed by atoms with Gasteiger partial charge in [0.2, 0.25) is 0 Å². The van der Waals surface area contributed by atoms with Crippen molar-refractivity contribution in [3.8, 4) is 68.5 Å². The molecule has 2 aliphatic heterocycles. The number of carboxylic acid groups (broad SMARTS) is 4. The van der Waals surface area contributed by atoms with Crippen molar-refractivity contribution in [2.75, 3.05) is 0 Å². The van der Waals surface area contributed by atoms with E-state index in [0.717, 1.165) is 12.1 Å². The summed E-state index contributed by atoms with van der Waals surface area (Å²) in [6, 6.07) is 31.7. The van der Waals surface area contributed by atoms with Gasteiger partial charge >= 0.3 is 43.4 Å². The number of halogens is 4. The number of ether oxygens (including phenoxy) is 3. The summed E-state index contributed by atoms with van der Waals surface area (Å²) in [5.41, 5.74) is 2.66. The average Bonchev–Trinajstić information content (AvgIpc) is 3.41. The second kappa shape index (κ2) is 21.2. The third-order valence-corrected chi connectivity index (χ3v) is 14.8. The quantitative estimate of drug-likeness (QED) is 0.0383. The summed E-state index contributed by atoms with van der Waals surface area (Å²) in [4.78, 5) is 82.8. The van der Waals surface area contributed by atoms with Crippen molar-refractivity contribution in [2.45, 2.75) is 13.2 Å². The van der Waals surface area contributed by atoms with Crippen LogP contribution in [0.2, 0.25) is 20.1 Å². The van der Waals surface area contributed by atoms with E-state index in [1.165, 1.54) is 24.3 Å². The largest absolute Gasteiger partial charge is 2.00 e. The molecule has 12 rings (SSSR count). The van der Waals surface area contributed by atoms with Gasteiger partial charge in [0.15, 0.2) is 0 Å². The number of benzene rings is 7. The van der Waals surface area contributed by atoms with Crippen LogP contribution >= 0.6 is 46.4 Å². The van der Waals surface area contributed by atoms with Crippen LogP contribution in [0.3, 0.4) is 0 Å². The second-order valence-electron chi connectivity index (χ2n) is 18.1. The van der Waals surface area contributed by atoms with Crippen LogP contribution in [-0.2, 0) is 39.7 Å². The summed E-state index contributed by atoms with van der Waals surface area (Å²) in [5.74, 6) is -3.94. The van der Waals surface area contributed by atoms with Gasteiger partial charge in [-0.3, -0.25) is 4.57 Å². The summed E-state index contributed by atoms with van der Waals surface area (Å²) in [7, 11) is 1.72. The minimum atomic E-state index is -1.37. The van der Waals surface area contributed by atoms with Gasteiger partial charge in [-0.2, -0.15) is 0 Å².